The molecule has 0 saturated heterocycles. The first-order chi connectivity index (χ1) is 10.1. The summed E-state index contributed by atoms with van der Waals surface area (Å²) in [5.41, 5.74) is 1.81. The van der Waals surface area contributed by atoms with Crippen LogP contribution in [0.4, 0.5) is 0 Å². The Morgan fingerprint density at radius 2 is 2.00 bits per heavy atom. The van der Waals surface area contributed by atoms with Crippen molar-refractivity contribution in [2.75, 3.05) is 0 Å². The molecule has 1 heterocycles. The smallest absolute Gasteiger partial charge is 0.264 e. The minimum atomic E-state index is -0.0160. The lowest BCUT2D eigenvalue weighted by atomic mass is 9.82. The fraction of sp³-hybridized carbons (Fsp3) is 0.412. The molecular formula is C17H19IN2O. The summed E-state index contributed by atoms with van der Waals surface area (Å²) in [6.07, 6.45) is 4.76. The highest BCUT2D eigenvalue weighted by molar-refractivity contribution is 14.1. The number of H-pyrrole nitrogens is 1. The van der Waals surface area contributed by atoms with Gasteiger partial charge < -0.3 is 4.98 Å². The van der Waals surface area contributed by atoms with Gasteiger partial charge in [-0.15, -0.1) is 0 Å². The van der Waals surface area contributed by atoms with Gasteiger partial charge in [-0.3, -0.25) is 4.79 Å². The lowest BCUT2D eigenvalue weighted by molar-refractivity contribution is 0.335. The van der Waals surface area contributed by atoms with Crippen molar-refractivity contribution in [2.24, 2.45) is 5.92 Å². The maximum absolute atomic E-state index is 12.3. The Hall–Kier alpha value is -1.17. The van der Waals surface area contributed by atoms with E-state index < -0.39 is 0 Å². The van der Waals surface area contributed by atoms with Crippen LogP contribution in [-0.2, 0) is 0 Å². The normalized spacial score (nSPS) is 22.2. The molecule has 0 spiro atoms. The first-order valence-corrected chi connectivity index (χ1v) is 8.58. The molecule has 0 bridgehead atoms. The van der Waals surface area contributed by atoms with E-state index in [0.717, 1.165) is 29.9 Å². The summed E-state index contributed by atoms with van der Waals surface area (Å²) in [6.45, 7) is 2.29. The molecular weight excluding hydrogens is 375 g/mol. The molecule has 2 unspecified atom stereocenters. The average Bonchev–Trinajstić information content (AvgIpc) is 2.51. The van der Waals surface area contributed by atoms with Crippen LogP contribution in [0, 0.1) is 9.49 Å². The van der Waals surface area contributed by atoms with Crippen LogP contribution in [0.2, 0.25) is 0 Å². The third-order valence-electron chi connectivity index (χ3n) is 4.25. The number of aromatic nitrogens is 2. The number of nitrogens with zero attached hydrogens (tertiary/aromatic N) is 1. The molecule has 0 radical (unpaired) electrons. The molecule has 21 heavy (non-hydrogen) atoms. The van der Waals surface area contributed by atoms with Crippen LogP contribution in [0.3, 0.4) is 0 Å². The van der Waals surface area contributed by atoms with Crippen molar-refractivity contribution in [1.29, 1.82) is 0 Å². The topological polar surface area (TPSA) is 45.8 Å². The van der Waals surface area contributed by atoms with E-state index in [0.29, 0.717) is 15.4 Å². The monoisotopic (exact) mass is 394 g/mol. The van der Waals surface area contributed by atoms with Gasteiger partial charge in [0, 0.05) is 11.5 Å². The highest BCUT2D eigenvalue weighted by atomic mass is 127. The second-order valence-electron chi connectivity index (χ2n) is 5.95. The fourth-order valence-electron chi connectivity index (χ4n) is 3.14. The zero-order valence-electron chi connectivity index (χ0n) is 12.1. The summed E-state index contributed by atoms with van der Waals surface area (Å²) in [5, 5.41) is 0. The molecule has 3 rings (SSSR count). The Kier molecular flexibility index (Phi) is 4.42. The van der Waals surface area contributed by atoms with E-state index in [-0.39, 0.29) is 5.56 Å². The molecule has 2 atom stereocenters. The quantitative estimate of drug-likeness (QED) is 0.771. The van der Waals surface area contributed by atoms with Crippen LogP contribution in [0.25, 0.3) is 11.3 Å². The van der Waals surface area contributed by atoms with E-state index in [4.69, 9.17) is 4.98 Å². The minimum Gasteiger partial charge on any atom is -0.309 e. The van der Waals surface area contributed by atoms with Crippen molar-refractivity contribution in [2.45, 2.75) is 38.5 Å². The van der Waals surface area contributed by atoms with Gasteiger partial charge in [-0.1, -0.05) is 50.1 Å². The Labute approximate surface area is 138 Å². The summed E-state index contributed by atoms with van der Waals surface area (Å²) < 4.78 is 0.673. The molecule has 1 fully saturated rings. The summed E-state index contributed by atoms with van der Waals surface area (Å²) in [5.74, 6) is 1.97. The molecule has 1 saturated carbocycles. The lowest BCUT2D eigenvalue weighted by Crippen LogP contribution is -2.21. The van der Waals surface area contributed by atoms with Crippen molar-refractivity contribution in [1.82, 2.24) is 9.97 Å². The summed E-state index contributed by atoms with van der Waals surface area (Å²) in [4.78, 5) is 20.1. The summed E-state index contributed by atoms with van der Waals surface area (Å²) in [6, 6.07) is 9.97. The minimum absolute atomic E-state index is 0.0160. The number of halogens is 1. The van der Waals surface area contributed by atoms with Gasteiger partial charge in [0.2, 0.25) is 0 Å². The maximum atomic E-state index is 12.3. The van der Waals surface area contributed by atoms with Gasteiger partial charge >= 0.3 is 0 Å². The van der Waals surface area contributed by atoms with Crippen molar-refractivity contribution in [3.63, 3.8) is 0 Å². The number of aromatic amines is 1. The Morgan fingerprint density at radius 1 is 1.24 bits per heavy atom. The van der Waals surface area contributed by atoms with Crippen LogP contribution in [0.15, 0.2) is 35.1 Å². The number of benzene rings is 1. The Morgan fingerprint density at radius 3 is 2.71 bits per heavy atom. The number of hydrogen-bond donors (Lipinski definition) is 1. The maximum Gasteiger partial charge on any atom is 0.264 e. The van der Waals surface area contributed by atoms with E-state index in [1.807, 2.05) is 30.3 Å². The molecule has 0 aliphatic heterocycles. The zero-order valence-corrected chi connectivity index (χ0v) is 14.3. The third-order valence-corrected chi connectivity index (χ3v) is 5.25. The molecule has 0 amide bonds. The van der Waals surface area contributed by atoms with Gasteiger partial charge in [0.1, 0.15) is 9.39 Å². The largest absolute Gasteiger partial charge is 0.309 e. The first-order valence-electron chi connectivity index (χ1n) is 7.50. The molecule has 4 heteroatoms. The second kappa shape index (κ2) is 6.30. The molecule has 1 N–H and O–H groups in total. The average molecular weight is 394 g/mol. The van der Waals surface area contributed by atoms with E-state index in [2.05, 4.69) is 34.5 Å². The molecule has 1 aliphatic rings. The van der Waals surface area contributed by atoms with Gasteiger partial charge in [-0.2, -0.15) is 0 Å². The number of hydrogen-bond acceptors (Lipinski definition) is 2. The number of rotatable bonds is 2. The van der Waals surface area contributed by atoms with Crippen LogP contribution in [0.1, 0.15) is 44.3 Å². The summed E-state index contributed by atoms with van der Waals surface area (Å²) >= 11 is 2.09. The third kappa shape index (κ3) is 3.20. The Balaban J connectivity index is 2.04. The molecule has 2 aromatic rings. The zero-order chi connectivity index (χ0) is 14.8. The number of nitrogens with one attached hydrogen (secondary N) is 1. The Bertz CT molecular complexity index is 681. The van der Waals surface area contributed by atoms with Gasteiger partial charge in [0.15, 0.2) is 0 Å². The van der Waals surface area contributed by atoms with E-state index in [1.54, 1.807) is 0 Å². The summed E-state index contributed by atoms with van der Waals surface area (Å²) in [7, 11) is 0. The van der Waals surface area contributed by atoms with Gasteiger partial charge in [0.25, 0.3) is 5.56 Å². The van der Waals surface area contributed by atoms with Crippen molar-refractivity contribution < 1.29 is 0 Å². The SMILES string of the molecule is CC1CCCC(c2nc(-c3ccccc3)c(I)c(=O)[nH]2)C1. The van der Waals surface area contributed by atoms with Crippen molar-refractivity contribution in [3.8, 4) is 11.3 Å². The molecule has 1 aromatic heterocycles. The second-order valence-corrected chi connectivity index (χ2v) is 7.03. The predicted octanol–water partition coefficient (Wildman–Crippen LogP) is 4.34. The lowest BCUT2D eigenvalue weighted by Gasteiger charge is -2.26. The van der Waals surface area contributed by atoms with Crippen molar-refractivity contribution in [3.05, 3.63) is 50.1 Å². The van der Waals surface area contributed by atoms with Crippen LogP contribution >= 0.6 is 22.6 Å². The fourth-order valence-corrected chi connectivity index (χ4v) is 3.71. The highest BCUT2D eigenvalue weighted by Crippen LogP contribution is 2.34. The standard InChI is InChI=1S/C17H19IN2O/c1-11-6-5-9-13(10-11)16-19-15(14(18)17(21)20-16)12-7-3-2-4-8-12/h2-4,7-8,11,13H,5-6,9-10H2,1H3,(H,19,20,21). The van der Waals surface area contributed by atoms with Crippen molar-refractivity contribution >= 4 is 22.6 Å². The highest BCUT2D eigenvalue weighted by Gasteiger charge is 2.23. The van der Waals surface area contributed by atoms with Gasteiger partial charge in [0.05, 0.1) is 5.69 Å². The van der Waals surface area contributed by atoms with Crippen LogP contribution in [-0.4, -0.2) is 9.97 Å². The molecule has 3 nitrogen and oxygen atoms in total. The van der Waals surface area contributed by atoms with E-state index in [1.165, 1.54) is 12.8 Å². The molecule has 110 valence electrons. The van der Waals surface area contributed by atoms with E-state index in [9.17, 15) is 4.79 Å². The van der Waals surface area contributed by atoms with Gasteiger partial charge in [-0.25, -0.2) is 4.98 Å². The first kappa shape index (κ1) is 14.8. The van der Waals surface area contributed by atoms with Crippen LogP contribution < -0.4 is 5.56 Å². The van der Waals surface area contributed by atoms with Crippen LogP contribution in [0.5, 0.6) is 0 Å². The van der Waals surface area contributed by atoms with Gasteiger partial charge in [-0.05, 0) is 41.4 Å². The molecule has 1 aliphatic carbocycles. The predicted molar refractivity (Wildman–Crippen MR) is 93.4 cm³/mol. The molecule has 1 aromatic carbocycles. The van der Waals surface area contributed by atoms with E-state index >= 15 is 0 Å².